The van der Waals surface area contributed by atoms with Crippen molar-refractivity contribution >= 4 is 39.7 Å². The van der Waals surface area contributed by atoms with Crippen LogP contribution in [0.25, 0.3) is 10.9 Å². The molecule has 0 aliphatic carbocycles. The average molecular weight is 341 g/mol. The first-order chi connectivity index (χ1) is 11.6. The monoisotopic (exact) mass is 341 g/mol. The van der Waals surface area contributed by atoms with Crippen LogP contribution in [0.15, 0.2) is 48.0 Å². The third-order valence-corrected chi connectivity index (χ3v) is 5.05. The Morgan fingerprint density at radius 2 is 2.08 bits per heavy atom. The number of anilines is 1. The highest BCUT2D eigenvalue weighted by Crippen LogP contribution is 2.24. The van der Waals surface area contributed by atoms with E-state index in [4.69, 9.17) is 0 Å². The molecule has 24 heavy (non-hydrogen) atoms. The van der Waals surface area contributed by atoms with Crippen molar-refractivity contribution in [1.82, 2.24) is 9.88 Å². The molecule has 2 heterocycles. The first kappa shape index (κ1) is 16.3. The Morgan fingerprint density at radius 1 is 1.25 bits per heavy atom. The van der Waals surface area contributed by atoms with Gasteiger partial charge in [0.05, 0.1) is 11.4 Å². The number of amides is 2. The van der Waals surface area contributed by atoms with E-state index >= 15 is 0 Å². The van der Waals surface area contributed by atoms with Gasteiger partial charge in [-0.25, -0.2) is 0 Å². The summed E-state index contributed by atoms with van der Waals surface area (Å²) in [7, 11) is 1.62. The van der Waals surface area contributed by atoms with Crippen LogP contribution >= 0.6 is 11.3 Å². The van der Waals surface area contributed by atoms with Gasteiger partial charge in [0.1, 0.15) is 6.54 Å². The van der Waals surface area contributed by atoms with E-state index in [1.165, 1.54) is 0 Å². The first-order valence-electron chi connectivity index (χ1n) is 7.72. The van der Waals surface area contributed by atoms with Crippen LogP contribution in [-0.2, 0) is 16.1 Å². The Hall–Kier alpha value is -2.60. The molecule has 0 spiro atoms. The summed E-state index contributed by atoms with van der Waals surface area (Å²) < 4.78 is 1.87. The minimum atomic E-state index is -0.196. The molecule has 6 heteroatoms. The highest BCUT2D eigenvalue weighted by Gasteiger charge is 2.16. The largest absolute Gasteiger partial charge is 0.358 e. The zero-order valence-electron chi connectivity index (χ0n) is 13.6. The normalized spacial score (nSPS) is 12.1. The fraction of sp³-hybridized carbons (Fsp3) is 0.222. The molecule has 124 valence electrons. The number of carbonyl (C=O) groups excluding carboxylic acids is 2. The molecule has 0 bridgehead atoms. The van der Waals surface area contributed by atoms with E-state index in [-0.39, 0.29) is 24.3 Å². The lowest BCUT2D eigenvalue weighted by Gasteiger charge is -2.11. The fourth-order valence-electron chi connectivity index (χ4n) is 2.55. The van der Waals surface area contributed by atoms with Crippen molar-refractivity contribution in [3.63, 3.8) is 0 Å². The van der Waals surface area contributed by atoms with E-state index in [1.54, 1.807) is 18.4 Å². The van der Waals surface area contributed by atoms with E-state index in [1.807, 2.05) is 59.5 Å². The molecular formula is C18H19N3O2S. The minimum Gasteiger partial charge on any atom is -0.358 e. The Morgan fingerprint density at radius 3 is 2.79 bits per heavy atom. The van der Waals surface area contributed by atoms with Crippen LogP contribution in [0.5, 0.6) is 0 Å². The second-order valence-corrected chi connectivity index (χ2v) is 6.60. The number of nitrogens with zero attached hydrogens (tertiary/aromatic N) is 1. The molecule has 0 saturated heterocycles. The zero-order valence-corrected chi connectivity index (χ0v) is 14.4. The van der Waals surface area contributed by atoms with Gasteiger partial charge in [-0.3, -0.25) is 9.59 Å². The van der Waals surface area contributed by atoms with Crippen LogP contribution in [0, 0.1) is 0 Å². The number of aromatic nitrogens is 1. The van der Waals surface area contributed by atoms with Crippen LogP contribution in [0.1, 0.15) is 17.7 Å². The van der Waals surface area contributed by atoms with Gasteiger partial charge in [0.15, 0.2) is 0 Å². The van der Waals surface area contributed by atoms with Gasteiger partial charge in [0.25, 0.3) is 0 Å². The van der Waals surface area contributed by atoms with Gasteiger partial charge < -0.3 is 15.2 Å². The van der Waals surface area contributed by atoms with E-state index in [0.717, 1.165) is 21.5 Å². The van der Waals surface area contributed by atoms with Gasteiger partial charge in [-0.1, -0.05) is 12.1 Å². The number of likely N-dealkylation sites (N-methyl/N-ethyl adjacent to an activating group) is 1. The van der Waals surface area contributed by atoms with Gasteiger partial charge in [-0.05, 0) is 42.0 Å². The molecule has 2 N–H and O–H groups in total. The maximum atomic E-state index is 12.4. The topological polar surface area (TPSA) is 63.1 Å². The molecule has 0 saturated carbocycles. The van der Waals surface area contributed by atoms with Crippen LogP contribution in [0.3, 0.4) is 0 Å². The molecule has 0 unspecified atom stereocenters. The molecule has 1 aromatic carbocycles. The van der Waals surface area contributed by atoms with E-state index < -0.39 is 0 Å². The fourth-order valence-corrected chi connectivity index (χ4v) is 3.33. The summed E-state index contributed by atoms with van der Waals surface area (Å²) in [5.41, 5.74) is 1.65. The van der Waals surface area contributed by atoms with Crippen molar-refractivity contribution < 1.29 is 9.59 Å². The van der Waals surface area contributed by atoms with E-state index in [9.17, 15) is 9.59 Å². The van der Waals surface area contributed by atoms with Crippen LogP contribution in [0.4, 0.5) is 5.69 Å². The van der Waals surface area contributed by atoms with Gasteiger partial charge in [-0.15, -0.1) is 11.3 Å². The van der Waals surface area contributed by atoms with Gasteiger partial charge in [0.2, 0.25) is 11.8 Å². The predicted molar refractivity (Wildman–Crippen MR) is 97.4 cm³/mol. The number of hydrogen-bond acceptors (Lipinski definition) is 3. The molecule has 1 atom stereocenters. The van der Waals surface area contributed by atoms with Gasteiger partial charge >= 0.3 is 0 Å². The third-order valence-electron chi connectivity index (χ3n) is 4.00. The predicted octanol–water partition coefficient (Wildman–Crippen LogP) is 3.19. The molecule has 2 amide bonds. The summed E-state index contributed by atoms with van der Waals surface area (Å²) in [6.45, 7) is 2.15. The Bertz CT molecular complexity index is 868. The standard InChI is InChI=1S/C18H19N3O2S/c1-12(16-4-3-9-24-16)18(23)20-14-6-5-13-7-8-21(15(13)10-14)11-17(22)19-2/h3-10,12H,11H2,1-2H3,(H,19,22)(H,20,23)/t12-/m1/s1. The maximum Gasteiger partial charge on any atom is 0.239 e. The molecule has 0 aliphatic rings. The number of carbonyl (C=O) groups is 2. The highest BCUT2D eigenvalue weighted by molar-refractivity contribution is 7.10. The number of rotatable bonds is 5. The van der Waals surface area contributed by atoms with Gasteiger partial charge in [-0.2, -0.15) is 0 Å². The van der Waals surface area contributed by atoms with Crippen molar-refractivity contribution in [2.24, 2.45) is 0 Å². The minimum absolute atomic E-state index is 0.0405. The Labute approximate surface area is 144 Å². The molecule has 2 aromatic heterocycles. The lowest BCUT2D eigenvalue weighted by atomic mass is 10.1. The summed E-state index contributed by atoms with van der Waals surface area (Å²) in [6, 6.07) is 11.6. The molecule has 0 fully saturated rings. The molecule has 5 nitrogen and oxygen atoms in total. The van der Waals surface area contributed by atoms with Crippen LogP contribution < -0.4 is 10.6 Å². The SMILES string of the molecule is CNC(=O)Cn1ccc2ccc(NC(=O)[C@H](C)c3cccs3)cc21. The van der Waals surface area contributed by atoms with Crippen molar-refractivity contribution in [2.75, 3.05) is 12.4 Å². The summed E-state index contributed by atoms with van der Waals surface area (Å²) in [6.07, 6.45) is 1.87. The smallest absolute Gasteiger partial charge is 0.239 e. The molecule has 0 radical (unpaired) electrons. The third kappa shape index (κ3) is 3.33. The van der Waals surface area contributed by atoms with Crippen LogP contribution in [-0.4, -0.2) is 23.4 Å². The molecular weight excluding hydrogens is 322 g/mol. The lowest BCUT2D eigenvalue weighted by molar-refractivity contribution is -0.121. The zero-order chi connectivity index (χ0) is 17.1. The molecule has 3 rings (SSSR count). The quantitative estimate of drug-likeness (QED) is 0.748. The summed E-state index contributed by atoms with van der Waals surface area (Å²) in [5.74, 6) is -0.298. The highest BCUT2D eigenvalue weighted by atomic mass is 32.1. The van der Waals surface area contributed by atoms with Crippen molar-refractivity contribution in [3.8, 4) is 0 Å². The lowest BCUT2D eigenvalue weighted by Crippen LogP contribution is -2.23. The average Bonchev–Trinajstić information content (AvgIpc) is 3.24. The molecule has 0 aliphatic heterocycles. The first-order valence-corrected chi connectivity index (χ1v) is 8.60. The van der Waals surface area contributed by atoms with E-state index in [2.05, 4.69) is 10.6 Å². The van der Waals surface area contributed by atoms with Gasteiger partial charge in [0, 0.05) is 23.8 Å². The van der Waals surface area contributed by atoms with Crippen molar-refractivity contribution in [2.45, 2.75) is 19.4 Å². The maximum absolute atomic E-state index is 12.4. The number of hydrogen-bond donors (Lipinski definition) is 2. The number of benzene rings is 1. The number of fused-ring (bicyclic) bond motifs is 1. The van der Waals surface area contributed by atoms with E-state index in [0.29, 0.717) is 0 Å². The number of thiophene rings is 1. The second-order valence-electron chi connectivity index (χ2n) is 5.62. The molecule has 3 aromatic rings. The summed E-state index contributed by atoms with van der Waals surface area (Å²) in [4.78, 5) is 25.1. The van der Waals surface area contributed by atoms with Crippen molar-refractivity contribution in [1.29, 1.82) is 0 Å². The second kappa shape index (κ2) is 6.88. The summed E-state index contributed by atoms with van der Waals surface area (Å²) in [5, 5.41) is 8.58. The van der Waals surface area contributed by atoms with Crippen LogP contribution in [0.2, 0.25) is 0 Å². The van der Waals surface area contributed by atoms with Crippen molar-refractivity contribution in [3.05, 3.63) is 52.9 Å². The number of nitrogens with one attached hydrogen (secondary N) is 2. The summed E-state index contributed by atoms with van der Waals surface area (Å²) >= 11 is 1.58. The Kier molecular flexibility index (Phi) is 4.66. The Balaban J connectivity index is 1.81.